The van der Waals surface area contributed by atoms with Crippen molar-refractivity contribution in [3.8, 4) is 22.6 Å². The third-order valence-corrected chi connectivity index (χ3v) is 7.36. The zero-order chi connectivity index (χ0) is 29.3. The van der Waals surface area contributed by atoms with E-state index >= 15 is 0 Å². The van der Waals surface area contributed by atoms with Crippen LogP contribution >= 0.6 is 23.2 Å². The van der Waals surface area contributed by atoms with Crippen molar-refractivity contribution in [2.45, 2.75) is 13.5 Å². The number of methoxy groups -OCH3 is 2. The predicted molar refractivity (Wildman–Crippen MR) is 164 cm³/mol. The zero-order valence-electron chi connectivity index (χ0n) is 22.4. The summed E-state index contributed by atoms with van der Waals surface area (Å²) in [5, 5.41) is 7.95. The maximum absolute atomic E-state index is 13.8. The van der Waals surface area contributed by atoms with E-state index in [0.29, 0.717) is 51.7 Å². The molecule has 5 rings (SSSR count). The number of ether oxygens (including phenoxy) is 2. The molecule has 1 amide bonds. The van der Waals surface area contributed by atoms with Crippen LogP contribution in [-0.4, -0.2) is 34.7 Å². The Labute approximate surface area is 245 Å². The van der Waals surface area contributed by atoms with Gasteiger partial charge in [0, 0.05) is 41.2 Å². The summed E-state index contributed by atoms with van der Waals surface area (Å²) in [7, 11) is 2.95. The Morgan fingerprint density at radius 2 is 1.76 bits per heavy atom. The maximum Gasteiger partial charge on any atom is 0.259 e. The highest BCUT2D eigenvalue weighted by atomic mass is 35.5. The first kappa shape index (κ1) is 27.9. The SMILES string of the molecule is C=CC(=O)Nc1cnc2ccccc2c1Nc1cc2c(cn1)cc(-c1c(Cl)c(OC)cc(OC)c1Cl)c(=O)n2CC. The average molecular weight is 590 g/mol. The van der Waals surface area contributed by atoms with E-state index in [0.717, 1.165) is 10.9 Å². The molecular weight excluding hydrogens is 565 g/mol. The second-order valence-corrected chi connectivity index (χ2v) is 9.66. The summed E-state index contributed by atoms with van der Waals surface area (Å²) in [5.74, 6) is 0.728. The molecular formula is C30H25Cl2N5O4. The fourth-order valence-corrected chi connectivity index (χ4v) is 5.34. The lowest BCUT2D eigenvalue weighted by Gasteiger charge is -2.18. The van der Waals surface area contributed by atoms with Gasteiger partial charge in [-0.05, 0) is 25.1 Å². The molecule has 2 N–H and O–H groups in total. The maximum atomic E-state index is 13.8. The number of nitrogens with zero attached hydrogens (tertiary/aromatic N) is 3. The van der Waals surface area contributed by atoms with Crippen LogP contribution in [0.1, 0.15) is 6.92 Å². The molecule has 0 unspecified atom stereocenters. The molecule has 0 spiro atoms. The van der Waals surface area contributed by atoms with Gasteiger partial charge in [-0.25, -0.2) is 4.98 Å². The minimum Gasteiger partial charge on any atom is -0.495 e. The Kier molecular flexibility index (Phi) is 7.83. The molecule has 3 heterocycles. The number of aryl methyl sites for hydroxylation is 1. The first-order valence-corrected chi connectivity index (χ1v) is 13.3. The lowest BCUT2D eigenvalue weighted by atomic mass is 10.0. The fraction of sp³-hybridized carbons (Fsp3) is 0.133. The van der Waals surface area contributed by atoms with Gasteiger partial charge in [-0.15, -0.1) is 0 Å². The number of benzene rings is 2. The van der Waals surface area contributed by atoms with Crippen LogP contribution in [0, 0.1) is 0 Å². The van der Waals surface area contributed by atoms with E-state index in [1.165, 1.54) is 20.3 Å². The van der Waals surface area contributed by atoms with Gasteiger partial charge in [0.15, 0.2) is 0 Å². The number of anilines is 3. The van der Waals surface area contributed by atoms with E-state index in [1.807, 2.05) is 31.2 Å². The number of aromatic nitrogens is 3. The molecule has 208 valence electrons. The molecule has 0 saturated carbocycles. The van der Waals surface area contributed by atoms with Crippen molar-refractivity contribution < 1.29 is 14.3 Å². The normalized spacial score (nSPS) is 11.0. The van der Waals surface area contributed by atoms with E-state index in [4.69, 9.17) is 32.7 Å². The van der Waals surface area contributed by atoms with Crippen LogP contribution in [-0.2, 0) is 11.3 Å². The number of nitrogens with one attached hydrogen (secondary N) is 2. The molecule has 2 aromatic carbocycles. The summed E-state index contributed by atoms with van der Waals surface area (Å²) in [4.78, 5) is 35.0. The molecule has 0 atom stereocenters. The Hall–Kier alpha value is -4.60. The van der Waals surface area contributed by atoms with Crippen molar-refractivity contribution in [3.63, 3.8) is 0 Å². The molecule has 3 aromatic heterocycles. The van der Waals surface area contributed by atoms with Gasteiger partial charge in [-0.2, -0.15) is 0 Å². The zero-order valence-corrected chi connectivity index (χ0v) is 23.9. The highest BCUT2D eigenvalue weighted by Crippen LogP contribution is 2.45. The first-order valence-electron chi connectivity index (χ1n) is 12.5. The number of fused-ring (bicyclic) bond motifs is 2. The van der Waals surface area contributed by atoms with E-state index in [2.05, 4.69) is 27.2 Å². The number of rotatable bonds is 8. The summed E-state index contributed by atoms with van der Waals surface area (Å²) >= 11 is 13.3. The monoisotopic (exact) mass is 589 g/mol. The number of carbonyl (C=O) groups excluding carboxylic acids is 1. The lowest BCUT2D eigenvalue weighted by Crippen LogP contribution is -2.22. The van der Waals surface area contributed by atoms with Gasteiger partial charge in [0.2, 0.25) is 5.91 Å². The van der Waals surface area contributed by atoms with Crippen LogP contribution in [0.25, 0.3) is 32.9 Å². The molecule has 0 aliphatic carbocycles. The molecule has 0 bridgehead atoms. The van der Waals surface area contributed by atoms with Crippen LogP contribution in [0.5, 0.6) is 11.5 Å². The van der Waals surface area contributed by atoms with Gasteiger partial charge in [-0.3, -0.25) is 14.6 Å². The minimum absolute atomic E-state index is 0.197. The van der Waals surface area contributed by atoms with Crippen molar-refractivity contribution >= 4 is 68.1 Å². The number of pyridine rings is 3. The van der Waals surface area contributed by atoms with Gasteiger partial charge in [0.1, 0.15) is 17.3 Å². The van der Waals surface area contributed by atoms with Crippen LogP contribution in [0.3, 0.4) is 0 Å². The first-order chi connectivity index (χ1) is 19.8. The van der Waals surface area contributed by atoms with Crippen molar-refractivity contribution in [2.75, 3.05) is 24.9 Å². The van der Waals surface area contributed by atoms with Crippen molar-refractivity contribution in [1.29, 1.82) is 0 Å². The Morgan fingerprint density at radius 1 is 1.05 bits per heavy atom. The van der Waals surface area contributed by atoms with Crippen molar-refractivity contribution in [2.24, 2.45) is 0 Å². The van der Waals surface area contributed by atoms with Gasteiger partial charge in [0.05, 0.1) is 58.4 Å². The molecule has 9 nitrogen and oxygen atoms in total. The van der Waals surface area contributed by atoms with Crippen LogP contribution in [0.2, 0.25) is 10.0 Å². The van der Waals surface area contributed by atoms with E-state index in [1.54, 1.807) is 35.2 Å². The summed E-state index contributed by atoms with van der Waals surface area (Å²) in [5.41, 5.74) is 2.71. The molecule has 41 heavy (non-hydrogen) atoms. The number of carbonyl (C=O) groups is 1. The number of hydrogen-bond acceptors (Lipinski definition) is 7. The summed E-state index contributed by atoms with van der Waals surface area (Å²) in [6.45, 7) is 5.76. The van der Waals surface area contributed by atoms with E-state index in [-0.39, 0.29) is 27.1 Å². The van der Waals surface area contributed by atoms with Gasteiger partial charge < -0.3 is 24.7 Å². The third kappa shape index (κ3) is 5.05. The summed E-state index contributed by atoms with van der Waals surface area (Å²) in [6, 6.07) is 12.6. The van der Waals surface area contributed by atoms with Crippen LogP contribution in [0.4, 0.5) is 17.2 Å². The molecule has 0 saturated heterocycles. The average Bonchev–Trinajstić information content (AvgIpc) is 2.98. The Balaban J connectivity index is 1.68. The standard InChI is InChI=1S/C30H25Cl2N5O4/c1-5-25(38)35-20-15-33-19-10-8-7-9-17(19)29(20)36-24-12-21-16(14-34-24)11-18(30(39)37(21)6-2)26-27(31)22(40-3)13-23(41-4)28(26)32/h5,7-15H,1,6H2,2-4H3,(H,35,38)(H,33,34,36). The summed E-state index contributed by atoms with van der Waals surface area (Å²) in [6.07, 6.45) is 4.40. The Bertz CT molecular complexity index is 1880. The predicted octanol–water partition coefficient (Wildman–Crippen LogP) is 6.82. The highest BCUT2D eigenvalue weighted by Gasteiger charge is 2.23. The summed E-state index contributed by atoms with van der Waals surface area (Å²) < 4.78 is 12.4. The molecule has 0 aliphatic rings. The van der Waals surface area contributed by atoms with Crippen molar-refractivity contribution in [3.05, 3.63) is 87.9 Å². The minimum atomic E-state index is -0.379. The molecule has 0 radical (unpaired) electrons. The van der Waals surface area contributed by atoms with Gasteiger partial charge in [-0.1, -0.05) is 48.0 Å². The smallest absolute Gasteiger partial charge is 0.259 e. The van der Waals surface area contributed by atoms with Gasteiger partial charge >= 0.3 is 0 Å². The highest BCUT2D eigenvalue weighted by molar-refractivity contribution is 6.41. The lowest BCUT2D eigenvalue weighted by molar-refractivity contribution is -0.111. The molecule has 0 aliphatic heterocycles. The number of halogens is 2. The molecule has 5 aromatic rings. The van der Waals surface area contributed by atoms with Crippen molar-refractivity contribution in [1.82, 2.24) is 14.5 Å². The second kappa shape index (κ2) is 11.5. The number of amides is 1. The van der Waals surface area contributed by atoms with Crippen LogP contribution in [0.15, 0.2) is 72.3 Å². The number of para-hydroxylation sites is 1. The third-order valence-electron chi connectivity index (χ3n) is 6.61. The topological polar surface area (TPSA) is 107 Å². The fourth-order valence-electron chi connectivity index (χ4n) is 4.64. The quantitative estimate of drug-likeness (QED) is 0.191. The van der Waals surface area contributed by atoms with Gasteiger partial charge in [0.25, 0.3) is 5.56 Å². The second-order valence-electron chi connectivity index (χ2n) is 8.90. The van der Waals surface area contributed by atoms with E-state index < -0.39 is 0 Å². The van der Waals surface area contributed by atoms with Crippen LogP contribution < -0.4 is 25.7 Å². The molecule has 11 heteroatoms. The Morgan fingerprint density at radius 3 is 2.41 bits per heavy atom. The largest absolute Gasteiger partial charge is 0.495 e. The van der Waals surface area contributed by atoms with E-state index in [9.17, 15) is 9.59 Å². The molecule has 0 fully saturated rings. The number of hydrogen-bond donors (Lipinski definition) is 2.